The normalized spacial score (nSPS) is 11.4. The molecule has 4 nitrogen and oxygen atoms in total. The molecule has 1 aromatic heterocycles. The van der Waals surface area contributed by atoms with Crippen LogP contribution in [0.5, 0.6) is 0 Å². The fraction of sp³-hybridized carbons (Fsp3) is 0.300. The molecule has 0 aliphatic carbocycles. The van der Waals surface area contributed by atoms with Crippen molar-refractivity contribution in [1.29, 1.82) is 5.26 Å². The predicted octanol–water partition coefficient (Wildman–Crippen LogP) is 0.971. The van der Waals surface area contributed by atoms with Gasteiger partial charge in [-0.05, 0) is 19.1 Å². The van der Waals surface area contributed by atoms with Crippen molar-refractivity contribution < 1.29 is 4.79 Å². The first-order valence-corrected chi connectivity index (χ1v) is 4.32. The second-order valence-corrected chi connectivity index (χ2v) is 2.98. The van der Waals surface area contributed by atoms with E-state index in [1.807, 2.05) is 6.07 Å². The lowest BCUT2D eigenvalue weighted by Gasteiger charge is -2.05. The largest absolute Gasteiger partial charge is 0.351 e. The molecule has 0 saturated carbocycles. The predicted molar refractivity (Wildman–Crippen MR) is 51.3 cm³/mol. The molecule has 14 heavy (non-hydrogen) atoms. The number of rotatable bonds is 3. The van der Waals surface area contributed by atoms with E-state index < -0.39 is 0 Å². The van der Waals surface area contributed by atoms with Gasteiger partial charge in [0.1, 0.15) is 0 Å². The molecule has 1 amide bonds. The summed E-state index contributed by atoms with van der Waals surface area (Å²) in [6.45, 7) is 2.13. The fourth-order valence-corrected chi connectivity index (χ4v) is 0.897. The number of pyridine rings is 1. The van der Waals surface area contributed by atoms with Crippen molar-refractivity contribution in [2.24, 2.45) is 5.92 Å². The summed E-state index contributed by atoms with van der Waals surface area (Å²) >= 11 is 0. The van der Waals surface area contributed by atoms with E-state index in [-0.39, 0.29) is 11.8 Å². The van der Waals surface area contributed by atoms with E-state index in [0.717, 1.165) is 0 Å². The molecule has 1 atom stereocenters. The van der Waals surface area contributed by atoms with E-state index in [0.29, 0.717) is 12.1 Å². The van der Waals surface area contributed by atoms with E-state index in [4.69, 9.17) is 5.26 Å². The van der Waals surface area contributed by atoms with Gasteiger partial charge >= 0.3 is 0 Å². The number of aromatic nitrogens is 1. The Labute approximate surface area is 82.6 Å². The zero-order valence-electron chi connectivity index (χ0n) is 7.90. The van der Waals surface area contributed by atoms with Crippen LogP contribution in [0.1, 0.15) is 17.3 Å². The lowest BCUT2D eigenvalue weighted by atomic mass is 10.2. The van der Waals surface area contributed by atoms with Gasteiger partial charge in [-0.1, -0.05) is 0 Å². The van der Waals surface area contributed by atoms with Crippen molar-refractivity contribution >= 4 is 5.91 Å². The van der Waals surface area contributed by atoms with Gasteiger partial charge in [-0.3, -0.25) is 9.78 Å². The lowest BCUT2D eigenvalue weighted by molar-refractivity contribution is 0.0950. The summed E-state index contributed by atoms with van der Waals surface area (Å²) in [6, 6.07) is 5.31. The van der Waals surface area contributed by atoms with Gasteiger partial charge in [0.05, 0.1) is 12.0 Å². The lowest BCUT2D eigenvalue weighted by Crippen LogP contribution is -2.27. The Morgan fingerprint density at radius 1 is 1.64 bits per heavy atom. The fourth-order valence-electron chi connectivity index (χ4n) is 0.897. The van der Waals surface area contributed by atoms with Crippen LogP contribution < -0.4 is 5.32 Å². The van der Waals surface area contributed by atoms with Crippen molar-refractivity contribution in [3.63, 3.8) is 0 Å². The molecule has 0 aromatic carbocycles. The molecule has 0 aliphatic heterocycles. The SMILES string of the molecule is CC(C#N)CNC(=O)c1ccncc1. The third-order valence-electron chi connectivity index (χ3n) is 1.73. The quantitative estimate of drug-likeness (QED) is 0.770. The summed E-state index contributed by atoms with van der Waals surface area (Å²) in [5.74, 6) is -0.338. The zero-order chi connectivity index (χ0) is 10.4. The third-order valence-corrected chi connectivity index (χ3v) is 1.73. The molecule has 0 bridgehead atoms. The topological polar surface area (TPSA) is 65.8 Å². The minimum Gasteiger partial charge on any atom is -0.351 e. The highest BCUT2D eigenvalue weighted by atomic mass is 16.1. The molecule has 0 saturated heterocycles. The van der Waals surface area contributed by atoms with Crippen molar-refractivity contribution in [2.45, 2.75) is 6.92 Å². The summed E-state index contributed by atoms with van der Waals surface area (Å²) in [6.07, 6.45) is 3.12. The van der Waals surface area contributed by atoms with Gasteiger partial charge in [0.2, 0.25) is 0 Å². The Hall–Kier alpha value is -1.89. The number of carbonyl (C=O) groups is 1. The number of nitriles is 1. The Balaban J connectivity index is 2.49. The molecule has 0 aliphatic rings. The van der Waals surface area contributed by atoms with Gasteiger partial charge in [0.25, 0.3) is 5.91 Å². The van der Waals surface area contributed by atoms with E-state index in [1.54, 1.807) is 31.5 Å². The maximum atomic E-state index is 11.4. The molecule has 1 heterocycles. The van der Waals surface area contributed by atoms with Crippen molar-refractivity contribution in [3.8, 4) is 6.07 Å². The Bertz CT molecular complexity index is 342. The Kier molecular flexibility index (Phi) is 3.62. The first kappa shape index (κ1) is 10.2. The van der Waals surface area contributed by atoms with Crippen molar-refractivity contribution in [2.75, 3.05) is 6.54 Å². The molecule has 1 aromatic rings. The monoisotopic (exact) mass is 189 g/mol. The summed E-state index contributed by atoms with van der Waals surface area (Å²) in [4.78, 5) is 15.2. The van der Waals surface area contributed by atoms with Gasteiger partial charge in [-0.2, -0.15) is 5.26 Å². The minimum atomic E-state index is -0.172. The van der Waals surface area contributed by atoms with Crippen LogP contribution in [0.15, 0.2) is 24.5 Å². The highest BCUT2D eigenvalue weighted by Crippen LogP contribution is 1.96. The van der Waals surface area contributed by atoms with Crippen LogP contribution in [0.3, 0.4) is 0 Å². The van der Waals surface area contributed by atoms with Crippen LogP contribution in [-0.2, 0) is 0 Å². The third kappa shape index (κ3) is 2.87. The first-order valence-electron chi connectivity index (χ1n) is 4.32. The van der Waals surface area contributed by atoms with Gasteiger partial charge in [-0.25, -0.2) is 0 Å². The maximum Gasteiger partial charge on any atom is 0.251 e. The van der Waals surface area contributed by atoms with Crippen LogP contribution >= 0.6 is 0 Å². The summed E-state index contributed by atoms with van der Waals surface area (Å²) in [7, 11) is 0. The first-order chi connectivity index (χ1) is 6.74. The highest BCUT2D eigenvalue weighted by molar-refractivity contribution is 5.93. The maximum absolute atomic E-state index is 11.4. The second-order valence-electron chi connectivity index (χ2n) is 2.98. The van der Waals surface area contributed by atoms with Crippen LogP contribution in [0.25, 0.3) is 0 Å². The van der Waals surface area contributed by atoms with E-state index in [1.165, 1.54) is 0 Å². The van der Waals surface area contributed by atoms with Gasteiger partial charge in [-0.15, -0.1) is 0 Å². The summed E-state index contributed by atoms with van der Waals surface area (Å²) < 4.78 is 0. The average molecular weight is 189 g/mol. The van der Waals surface area contributed by atoms with Crippen molar-refractivity contribution in [1.82, 2.24) is 10.3 Å². The minimum absolute atomic E-state index is 0.166. The number of hydrogen-bond donors (Lipinski definition) is 1. The molecular weight excluding hydrogens is 178 g/mol. The average Bonchev–Trinajstić information content (AvgIpc) is 2.26. The molecule has 0 spiro atoms. The van der Waals surface area contributed by atoms with Crippen LogP contribution in [0, 0.1) is 17.2 Å². The van der Waals surface area contributed by atoms with Crippen LogP contribution in [0.2, 0.25) is 0 Å². The second kappa shape index (κ2) is 4.97. The number of nitrogens with zero attached hydrogens (tertiary/aromatic N) is 2. The molecular formula is C10H11N3O. The summed E-state index contributed by atoms with van der Waals surface area (Å²) in [5, 5.41) is 11.2. The summed E-state index contributed by atoms with van der Waals surface area (Å²) in [5.41, 5.74) is 0.560. The standard InChI is InChI=1S/C10H11N3O/c1-8(6-11)7-13-10(14)9-2-4-12-5-3-9/h2-5,8H,7H2,1H3,(H,13,14). The number of carbonyl (C=O) groups excluding carboxylic acids is 1. The smallest absolute Gasteiger partial charge is 0.251 e. The van der Waals surface area contributed by atoms with E-state index >= 15 is 0 Å². The van der Waals surface area contributed by atoms with Crippen molar-refractivity contribution in [3.05, 3.63) is 30.1 Å². The Morgan fingerprint density at radius 2 is 2.29 bits per heavy atom. The van der Waals surface area contributed by atoms with E-state index in [2.05, 4.69) is 10.3 Å². The molecule has 0 fully saturated rings. The highest BCUT2D eigenvalue weighted by Gasteiger charge is 2.05. The van der Waals surface area contributed by atoms with Gasteiger partial charge in [0, 0.05) is 24.5 Å². The van der Waals surface area contributed by atoms with Crippen LogP contribution in [0.4, 0.5) is 0 Å². The Morgan fingerprint density at radius 3 is 2.86 bits per heavy atom. The molecule has 1 rings (SSSR count). The van der Waals surface area contributed by atoms with Gasteiger partial charge in [0.15, 0.2) is 0 Å². The number of amides is 1. The number of nitrogens with one attached hydrogen (secondary N) is 1. The zero-order valence-corrected chi connectivity index (χ0v) is 7.90. The molecule has 4 heteroatoms. The molecule has 0 radical (unpaired) electrons. The number of hydrogen-bond acceptors (Lipinski definition) is 3. The van der Waals surface area contributed by atoms with E-state index in [9.17, 15) is 4.79 Å². The van der Waals surface area contributed by atoms with Crippen LogP contribution in [-0.4, -0.2) is 17.4 Å². The van der Waals surface area contributed by atoms with Gasteiger partial charge < -0.3 is 5.32 Å². The molecule has 1 N–H and O–H groups in total. The molecule has 1 unspecified atom stereocenters. The molecule has 72 valence electrons.